The molecule has 88 valence electrons. The van der Waals surface area contributed by atoms with Crippen molar-refractivity contribution in [1.82, 2.24) is 15.2 Å². The van der Waals surface area contributed by atoms with Crippen LogP contribution in [0.3, 0.4) is 0 Å². The molecule has 1 aliphatic heterocycles. The van der Waals surface area contributed by atoms with Gasteiger partial charge in [0.05, 0.1) is 5.69 Å². The van der Waals surface area contributed by atoms with Gasteiger partial charge < -0.3 is 5.32 Å². The third-order valence-electron chi connectivity index (χ3n) is 2.74. The van der Waals surface area contributed by atoms with E-state index >= 15 is 0 Å². The number of nitrogens with one attached hydrogen (secondary N) is 1. The number of pyridine rings is 1. The van der Waals surface area contributed by atoms with Crippen LogP contribution in [0.5, 0.6) is 0 Å². The summed E-state index contributed by atoms with van der Waals surface area (Å²) in [5.74, 6) is 0. The molecule has 1 aromatic heterocycles. The maximum absolute atomic E-state index is 12.7. The predicted molar refractivity (Wildman–Crippen MR) is 57.3 cm³/mol. The van der Waals surface area contributed by atoms with Crippen LogP contribution in [0.1, 0.15) is 17.7 Å². The van der Waals surface area contributed by atoms with Gasteiger partial charge in [0.25, 0.3) is 6.43 Å². The average molecular weight is 227 g/mol. The summed E-state index contributed by atoms with van der Waals surface area (Å²) in [6.07, 6.45) is -0.865. The molecule has 0 atom stereocenters. The second-order valence-electron chi connectivity index (χ2n) is 3.87. The molecule has 3 nitrogen and oxygen atoms in total. The molecule has 16 heavy (non-hydrogen) atoms. The van der Waals surface area contributed by atoms with Gasteiger partial charge in [0, 0.05) is 44.5 Å². The van der Waals surface area contributed by atoms with Gasteiger partial charge in [-0.3, -0.25) is 9.88 Å². The maximum Gasteiger partial charge on any atom is 0.265 e. The number of piperazine rings is 1. The molecule has 1 fully saturated rings. The summed E-state index contributed by atoms with van der Waals surface area (Å²) in [5.41, 5.74) is 0.556. The van der Waals surface area contributed by atoms with E-state index < -0.39 is 6.43 Å². The Morgan fingerprint density at radius 1 is 1.38 bits per heavy atom. The number of hydrogen-bond donors (Lipinski definition) is 1. The van der Waals surface area contributed by atoms with Crippen molar-refractivity contribution >= 4 is 0 Å². The first-order valence-corrected chi connectivity index (χ1v) is 5.42. The van der Waals surface area contributed by atoms with Gasteiger partial charge in [-0.15, -0.1) is 0 Å². The highest BCUT2D eigenvalue weighted by Gasteiger charge is 2.17. The topological polar surface area (TPSA) is 28.2 Å². The maximum atomic E-state index is 12.7. The summed E-state index contributed by atoms with van der Waals surface area (Å²) in [7, 11) is 0. The van der Waals surface area contributed by atoms with Crippen molar-refractivity contribution in [3.63, 3.8) is 0 Å². The number of hydrogen-bond acceptors (Lipinski definition) is 3. The van der Waals surface area contributed by atoms with Crippen LogP contribution in [0.2, 0.25) is 0 Å². The Hall–Kier alpha value is -1.07. The lowest BCUT2D eigenvalue weighted by Gasteiger charge is -2.27. The molecule has 1 saturated heterocycles. The molecule has 1 N–H and O–H groups in total. The minimum absolute atomic E-state index is 0.0565. The fourth-order valence-corrected chi connectivity index (χ4v) is 1.86. The van der Waals surface area contributed by atoms with Crippen molar-refractivity contribution in [2.24, 2.45) is 0 Å². The largest absolute Gasteiger partial charge is 0.314 e. The average Bonchev–Trinajstić information content (AvgIpc) is 2.31. The molecule has 0 bridgehead atoms. The lowest BCUT2D eigenvalue weighted by atomic mass is 10.2. The normalized spacial score (nSPS) is 17.9. The van der Waals surface area contributed by atoms with Gasteiger partial charge in [0.1, 0.15) is 0 Å². The third-order valence-corrected chi connectivity index (χ3v) is 2.74. The molecule has 0 spiro atoms. The highest BCUT2D eigenvalue weighted by Crippen LogP contribution is 2.22. The third kappa shape index (κ3) is 2.74. The molecule has 0 unspecified atom stereocenters. The second-order valence-corrected chi connectivity index (χ2v) is 3.87. The highest BCUT2D eigenvalue weighted by atomic mass is 19.3. The van der Waals surface area contributed by atoms with Crippen LogP contribution in [0.4, 0.5) is 8.78 Å². The summed E-state index contributed by atoms with van der Waals surface area (Å²) in [5, 5.41) is 3.23. The van der Waals surface area contributed by atoms with Crippen LogP contribution >= 0.6 is 0 Å². The first-order chi connectivity index (χ1) is 7.77. The van der Waals surface area contributed by atoms with E-state index in [0.29, 0.717) is 12.2 Å². The molecule has 2 heterocycles. The van der Waals surface area contributed by atoms with Crippen LogP contribution in [0.15, 0.2) is 18.3 Å². The van der Waals surface area contributed by atoms with Crippen LogP contribution < -0.4 is 5.32 Å². The Morgan fingerprint density at radius 3 is 2.81 bits per heavy atom. The van der Waals surface area contributed by atoms with Crippen molar-refractivity contribution in [1.29, 1.82) is 0 Å². The summed E-state index contributed by atoms with van der Waals surface area (Å²) < 4.78 is 25.4. The van der Waals surface area contributed by atoms with Crippen molar-refractivity contribution in [3.8, 4) is 0 Å². The Bertz CT molecular complexity index is 338. The Morgan fingerprint density at radius 2 is 2.12 bits per heavy atom. The van der Waals surface area contributed by atoms with Gasteiger partial charge in [-0.2, -0.15) is 0 Å². The molecular formula is C11H15F2N3. The van der Waals surface area contributed by atoms with Gasteiger partial charge in [-0.1, -0.05) is 0 Å². The second kappa shape index (κ2) is 5.32. The zero-order valence-electron chi connectivity index (χ0n) is 9.00. The fourth-order valence-electron chi connectivity index (χ4n) is 1.86. The quantitative estimate of drug-likeness (QED) is 0.846. The first kappa shape index (κ1) is 11.4. The van der Waals surface area contributed by atoms with Crippen molar-refractivity contribution in [2.75, 3.05) is 26.2 Å². The summed E-state index contributed by atoms with van der Waals surface area (Å²) >= 11 is 0. The van der Waals surface area contributed by atoms with Crippen molar-refractivity contribution in [2.45, 2.75) is 13.0 Å². The fraction of sp³-hybridized carbons (Fsp3) is 0.545. The van der Waals surface area contributed by atoms with Crippen molar-refractivity contribution < 1.29 is 8.78 Å². The molecule has 0 radical (unpaired) electrons. The molecule has 5 heteroatoms. The van der Waals surface area contributed by atoms with Gasteiger partial charge in [0.15, 0.2) is 0 Å². The van der Waals surface area contributed by atoms with E-state index in [2.05, 4.69) is 15.2 Å². The van der Waals surface area contributed by atoms with Crippen LogP contribution in [0, 0.1) is 0 Å². The minimum Gasteiger partial charge on any atom is -0.314 e. The molecule has 1 aliphatic rings. The number of alkyl halides is 2. The van der Waals surface area contributed by atoms with Crippen LogP contribution in [-0.4, -0.2) is 36.1 Å². The zero-order valence-corrected chi connectivity index (χ0v) is 9.00. The van der Waals surface area contributed by atoms with E-state index in [1.165, 1.54) is 6.07 Å². The number of halogens is 2. The van der Waals surface area contributed by atoms with E-state index in [0.717, 1.165) is 26.2 Å². The van der Waals surface area contributed by atoms with Gasteiger partial charge in [-0.05, 0) is 12.1 Å². The van der Waals surface area contributed by atoms with E-state index in [4.69, 9.17) is 0 Å². The predicted octanol–water partition coefficient (Wildman–Crippen LogP) is 1.42. The molecule has 0 aromatic carbocycles. The first-order valence-electron chi connectivity index (χ1n) is 5.42. The monoisotopic (exact) mass is 227 g/mol. The molecule has 0 aliphatic carbocycles. The van der Waals surface area contributed by atoms with Gasteiger partial charge in [-0.25, -0.2) is 8.78 Å². The molecule has 0 saturated carbocycles. The minimum atomic E-state index is -2.44. The molecule has 2 rings (SSSR count). The lowest BCUT2D eigenvalue weighted by molar-refractivity contribution is 0.146. The summed E-state index contributed by atoms with van der Waals surface area (Å²) in [6.45, 7) is 4.12. The zero-order chi connectivity index (χ0) is 11.4. The SMILES string of the molecule is FC(F)c1cccnc1CN1CCNCC1. The summed E-state index contributed by atoms with van der Waals surface area (Å²) in [4.78, 5) is 6.20. The Balaban J connectivity index is 2.07. The molecular weight excluding hydrogens is 212 g/mol. The Labute approximate surface area is 93.5 Å². The number of rotatable bonds is 3. The van der Waals surface area contributed by atoms with Crippen LogP contribution in [0.25, 0.3) is 0 Å². The number of aromatic nitrogens is 1. The lowest BCUT2D eigenvalue weighted by Crippen LogP contribution is -2.43. The molecule has 1 aromatic rings. The van der Waals surface area contributed by atoms with E-state index in [9.17, 15) is 8.78 Å². The van der Waals surface area contributed by atoms with E-state index in [1.807, 2.05) is 0 Å². The van der Waals surface area contributed by atoms with Gasteiger partial charge in [0.2, 0.25) is 0 Å². The summed E-state index contributed by atoms with van der Waals surface area (Å²) in [6, 6.07) is 3.01. The van der Waals surface area contributed by atoms with Crippen LogP contribution in [-0.2, 0) is 6.54 Å². The van der Waals surface area contributed by atoms with Crippen molar-refractivity contribution in [3.05, 3.63) is 29.6 Å². The standard InChI is InChI=1S/C11H15F2N3/c12-11(13)9-2-1-3-15-10(9)8-16-6-4-14-5-7-16/h1-3,11,14H,4-8H2. The smallest absolute Gasteiger partial charge is 0.265 e. The number of nitrogens with zero attached hydrogens (tertiary/aromatic N) is 2. The molecule has 0 amide bonds. The Kier molecular flexibility index (Phi) is 3.79. The van der Waals surface area contributed by atoms with Gasteiger partial charge >= 0.3 is 0 Å². The van der Waals surface area contributed by atoms with E-state index in [1.54, 1.807) is 12.3 Å². The highest BCUT2D eigenvalue weighted by molar-refractivity contribution is 5.20. The van der Waals surface area contributed by atoms with E-state index in [-0.39, 0.29) is 5.56 Å².